The lowest BCUT2D eigenvalue weighted by atomic mass is 9.80. The van der Waals surface area contributed by atoms with Crippen molar-refractivity contribution in [2.24, 2.45) is 5.41 Å². The molecule has 0 bridgehead atoms. The highest BCUT2D eigenvalue weighted by molar-refractivity contribution is 5.75. The number of hydrogen-bond acceptors (Lipinski definition) is 2. The maximum atomic E-state index is 10.9. The average Bonchev–Trinajstić information content (AvgIpc) is 2.05. The van der Waals surface area contributed by atoms with E-state index in [0.29, 0.717) is 6.42 Å². The van der Waals surface area contributed by atoms with Crippen molar-refractivity contribution in [3.05, 3.63) is 0 Å². The van der Waals surface area contributed by atoms with E-state index in [1.165, 1.54) is 0 Å². The number of rotatable bonds is 5. The zero-order valence-corrected chi connectivity index (χ0v) is 8.18. The molecule has 0 spiro atoms. The summed E-state index contributed by atoms with van der Waals surface area (Å²) in [5, 5.41) is 8.36. The van der Waals surface area contributed by atoms with E-state index in [2.05, 4.69) is 20.8 Å². The molecule has 12 heavy (non-hydrogen) atoms. The molecule has 0 aliphatic rings. The molecule has 0 radical (unpaired) electrons. The molecule has 0 fully saturated rings. The van der Waals surface area contributed by atoms with Crippen LogP contribution in [0.25, 0.3) is 0 Å². The number of hydrogen-bond donors (Lipinski definition) is 2. The lowest BCUT2D eigenvalue weighted by Gasteiger charge is -2.26. The predicted octanol–water partition coefficient (Wildman–Crippen LogP) is 2.10. The van der Waals surface area contributed by atoms with Gasteiger partial charge in [-0.3, -0.25) is 10.0 Å². The van der Waals surface area contributed by atoms with Gasteiger partial charge >= 0.3 is 0 Å². The van der Waals surface area contributed by atoms with Crippen LogP contribution >= 0.6 is 0 Å². The molecule has 0 aromatic carbocycles. The average molecular weight is 173 g/mol. The van der Waals surface area contributed by atoms with Crippen molar-refractivity contribution in [3.8, 4) is 0 Å². The molecule has 1 amide bonds. The van der Waals surface area contributed by atoms with Crippen molar-refractivity contribution in [1.82, 2.24) is 5.48 Å². The molecule has 3 heteroatoms. The molecule has 2 N–H and O–H groups in total. The molecular weight excluding hydrogens is 154 g/mol. The van der Waals surface area contributed by atoms with Crippen LogP contribution in [0.3, 0.4) is 0 Å². The fraction of sp³-hybridized carbons (Fsp3) is 0.889. The summed E-state index contributed by atoms with van der Waals surface area (Å²) in [5.41, 5.74) is 1.72. The van der Waals surface area contributed by atoms with Crippen LogP contribution in [-0.4, -0.2) is 11.1 Å². The third kappa shape index (κ3) is 3.72. The molecule has 0 saturated carbocycles. The van der Waals surface area contributed by atoms with Crippen molar-refractivity contribution in [2.45, 2.75) is 46.5 Å². The largest absolute Gasteiger partial charge is 0.289 e. The van der Waals surface area contributed by atoms with Gasteiger partial charge in [-0.15, -0.1) is 0 Å². The van der Waals surface area contributed by atoms with Crippen LogP contribution in [0.5, 0.6) is 0 Å². The highest BCUT2D eigenvalue weighted by Gasteiger charge is 2.24. The van der Waals surface area contributed by atoms with Crippen molar-refractivity contribution in [1.29, 1.82) is 0 Å². The summed E-state index contributed by atoms with van der Waals surface area (Å²) in [6.07, 6.45) is 3.47. The first kappa shape index (κ1) is 11.4. The SMILES string of the molecule is CCCC(C)(CC)CC(=O)NO. The Balaban J connectivity index is 4.03. The molecule has 0 heterocycles. The Labute approximate surface area is 74.1 Å². The van der Waals surface area contributed by atoms with Gasteiger partial charge in [-0.25, -0.2) is 5.48 Å². The van der Waals surface area contributed by atoms with Gasteiger partial charge in [-0.05, 0) is 11.8 Å². The third-order valence-corrected chi connectivity index (χ3v) is 2.42. The summed E-state index contributed by atoms with van der Waals surface area (Å²) in [4.78, 5) is 10.9. The molecule has 0 saturated heterocycles. The Bertz CT molecular complexity index is 147. The fourth-order valence-corrected chi connectivity index (χ4v) is 1.42. The zero-order valence-electron chi connectivity index (χ0n) is 8.18. The van der Waals surface area contributed by atoms with Crippen LogP contribution in [-0.2, 0) is 4.79 Å². The summed E-state index contributed by atoms with van der Waals surface area (Å²) in [7, 11) is 0. The summed E-state index contributed by atoms with van der Waals surface area (Å²) in [6, 6.07) is 0. The summed E-state index contributed by atoms with van der Waals surface area (Å²) in [5.74, 6) is -0.284. The van der Waals surface area contributed by atoms with Gasteiger partial charge in [-0.2, -0.15) is 0 Å². The maximum Gasteiger partial charge on any atom is 0.243 e. The van der Waals surface area contributed by atoms with Crippen molar-refractivity contribution in [2.75, 3.05) is 0 Å². The minimum absolute atomic E-state index is 0.0432. The first-order valence-corrected chi connectivity index (χ1v) is 4.51. The fourth-order valence-electron chi connectivity index (χ4n) is 1.42. The van der Waals surface area contributed by atoms with Crippen LogP contribution in [0.4, 0.5) is 0 Å². The first-order valence-electron chi connectivity index (χ1n) is 4.51. The zero-order chi connectivity index (χ0) is 9.61. The molecular formula is C9H19NO2. The Morgan fingerprint density at radius 3 is 2.42 bits per heavy atom. The minimum atomic E-state index is -0.284. The van der Waals surface area contributed by atoms with Crippen LogP contribution in [0.2, 0.25) is 0 Å². The van der Waals surface area contributed by atoms with E-state index in [0.717, 1.165) is 19.3 Å². The maximum absolute atomic E-state index is 10.9. The van der Waals surface area contributed by atoms with E-state index >= 15 is 0 Å². The van der Waals surface area contributed by atoms with Gasteiger partial charge in [-0.1, -0.05) is 33.6 Å². The van der Waals surface area contributed by atoms with Crippen molar-refractivity contribution in [3.63, 3.8) is 0 Å². The van der Waals surface area contributed by atoms with Crippen LogP contribution in [0, 0.1) is 5.41 Å². The topological polar surface area (TPSA) is 49.3 Å². The number of carbonyl (C=O) groups is 1. The first-order chi connectivity index (χ1) is 5.58. The molecule has 0 aromatic rings. The molecule has 1 atom stereocenters. The molecule has 1 unspecified atom stereocenters. The van der Waals surface area contributed by atoms with E-state index in [4.69, 9.17) is 5.21 Å². The number of carbonyl (C=O) groups excluding carboxylic acids is 1. The Hall–Kier alpha value is -0.570. The summed E-state index contributed by atoms with van der Waals surface area (Å²) >= 11 is 0. The normalized spacial score (nSPS) is 15.3. The van der Waals surface area contributed by atoms with Gasteiger partial charge in [0.1, 0.15) is 0 Å². The molecule has 3 nitrogen and oxygen atoms in total. The third-order valence-electron chi connectivity index (χ3n) is 2.42. The quantitative estimate of drug-likeness (QED) is 0.494. The lowest BCUT2D eigenvalue weighted by Crippen LogP contribution is -2.27. The van der Waals surface area contributed by atoms with Gasteiger partial charge in [0.25, 0.3) is 0 Å². The number of amides is 1. The molecule has 0 aliphatic heterocycles. The van der Waals surface area contributed by atoms with Gasteiger partial charge in [0.05, 0.1) is 0 Å². The predicted molar refractivity (Wildman–Crippen MR) is 47.9 cm³/mol. The van der Waals surface area contributed by atoms with Crippen molar-refractivity contribution < 1.29 is 10.0 Å². The monoisotopic (exact) mass is 173 g/mol. The number of nitrogens with one attached hydrogen (secondary N) is 1. The van der Waals surface area contributed by atoms with E-state index in [-0.39, 0.29) is 11.3 Å². The Kier molecular flexibility index (Phi) is 4.90. The molecule has 0 aliphatic carbocycles. The second kappa shape index (κ2) is 5.14. The molecule has 0 rings (SSSR count). The van der Waals surface area contributed by atoms with Gasteiger partial charge < -0.3 is 0 Å². The summed E-state index contributed by atoms with van der Waals surface area (Å²) < 4.78 is 0. The second-order valence-corrected chi connectivity index (χ2v) is 3.63. The van der Waals surface area contributed by atoms with Crippen LogP contribution < -0.4 is 5.48 Å². The highest BCUT2D eigenvalue weighted by Crippen LogP contribution is 2.30. The van der Waals surface area contributed by atoms with Gasteiger partial charge in [0.2, 0.25) is 5.91 Å². The van der Waals surface area contributed by atoms with E-state index in [1.54, 1.807) is 5.48 Å². The number of hydroxylamine groups is 1. The highest BCUT2D eigenvalue weighted by atomic mass is 16.5. The summed E-state index contributed by atoms with van der Waals surface area (Å²) in [6.45, 7) is 6.25. The van der Waals surface area contributed by atoms with E-state index in [1.807, 2.05) is 0 Å². The van der Waals surface area contributed by atoms with E-state index < -0.39 is 0 Å². The van der Waals surface area contributed by atoms with Crippen molar-refractivity contribution >= 4 is 5.91 Å². The second-order valence-electron chi connectivity index (χ2n) is 3.63. The van der Waals surface area contributed by atoms with Crippen LogP contribution in [0.15, 0.2) is 0 Å². The Morgan fingerprint density at radius 2 is 2.08 bits per heavy atom. The minimum Gasteiger partial charge on any atom is -0.289 e. The van der Waals surface area contributed by atoms with Crippen LogP contribution in [0.1, 0.15) is 46.5 Å². The molecule has 0 aromatic heterocycles. The smallest absolute Gasteiger partial charge is 0.243 e. The van der Waals surface area contributed by atoms with E-state index in [9.17, 15) is 4.79 Å². The standard InChI is InChI=1S/C9H19NO2/c1-4-6-9(3,5-2)7-8(11)10-12/h12H,4-7H2,1-3H3,(H,10,11). The Morgan fingerprint density at radius 1 is 1.50 bits per heavy atom. The van der Waals surface area contributed by atoms with Gasteiger partial charge in [0.15, 0.2) is 0 Å². The lowest BCUT2D eigenvalue weighted by molar-refractivity contribution is -0.131. The molecule has 72 valence electrons. The van der Waals surface area contributed by atoms with Gasteiger partial charge in [0, 0.05) is 6.42 Å².